The molecule has 0 aliphatic rings. The molecule has 0 bridgehead atoms. The van der Waals surface area contributed by atoms with Crippen LogP contribution in [0.4, 0.5) is 5.69 Å². The summed E-state index contributed by atoms with van der Waals surface area (Å²) >= 11 is 1.06. The van der Waals surface area contributed by atoms with Gasteiger partial charge in [-0.25, -0.2) is 4.79 Å². The quantitative estimate of drug-likeness (QED) is 0.388. The Balaban J connectivity index is 1.87. The van der Waals surface area contributed by atoms with Gasteiger partial charge in [-0.15, -0.1) is 0 Å². The fourth-order valence-electron chi connectivity index (χ4n) is 2.82. The van der Waals surface area contributed by atoms with E-state index in [0.717, 1.165) is 33.3 Å². The Kier molecular flexibility index (Phi) is 8.10. The maximum atomic E-state index is 12.2. The first kappa shape index (κ1) is 22.3. The predicted octanol–water partition coefficient (Wildman–Crippen LogP) is 4.56. The molecule has 0 saturated carbocycles. The summed E-state index contributed by atoms with van der Waals surface area (Å²) in [7, 11) is 0. The van der Waals surface area contributed by atoms with Crippen LogP contribution in [0, 0.1) is 24.5 Å². The molecule has 0 saturated heterocycles. The molecule has 6 nitrogen and oxygen atoms in total. The molecule has 0 atom stereocenters. The molecule has 7 heteroatoms. The Morgan fingerprint density at radius 2 is 1.79 bits per heavy atom. The van der Waals surface area contributed by atoms with E-state index in [4.69, 9.17) is 14.7 Å². The second kappa shape index (κ2) is 10.5. The van der Waals surface area contributed by atoms with E-state index in [9.17, 15) is 9.59 Å². The molecule has 0 unspecified atom stereocenters. The number of thiocyanates is 1. The molecule has 1 N–H and O–H groups in total. The van der Waals surface area contributed by atoms with Gasteiger partial charge in [0, 0.05) is 10.6 Å². The van der Waals surface area contributed by atoms with Gasteiger partial charge in [-0.05, 0) is 66.4 Å². The highest BCUT2D eigenvalue weighted by Crippen LogP contribution is 2.28. The number of carbonyl (C=O) groups excluding carboxylic acids is 2. The van der Waals surface area contributed by atoms with Gasteiger partial charge in [0.1, 0.15) is 11.2 Å². The number of anilines is 1. The Hall–Kier alpha value is -2.98. The molecule has 1 amide bonds. The van der Waals surface area contributed by atoms with E-state index in [2.05, 4.69) is 5.32 Å². The SMILES string of the molecule is Cc1cc(SC#N)cc(C)c1NC(=O)COC(=O)COc1ccccc1C(C)C. The lowest BCUT2D eigenvalue weighted by Gasteiger charge is -2.14. The Bertz CT molecular complexity index is 912. The second-order valence-corrected chi connectivity index (χ2v) is 7.67. The van der Waals surface area contributed by atoms with Crippen molar-refractivity contribution in [1.29, 1.82) is 5.26 Å². The number of carbonyl (C=O) groups is 2. The van der Waals surface area contributed by atoms with Crippen LogP contribution in [0.15, 0.2) is 41.3 Å². The maximum absolute atomic E-state index is 12.2. The number of nitrogens with zero attached hydrogens (tertiary/aromatic N) is 1. The average Bonchev–Trinajstić information content (AvgIpc) is 2.68. The molecule has 0 aromatic heterocycles. The summed E-state index contributed by atoms with van der Waals surface area (Å²) < 4.78 is 10.6. The summed E-state index contributed by atoms with van der Waals surface area (Å²) in [6.07, 6.45) is 0. The lowest BCUT2D eigenvalue weighted by molar-refractivity contribution is -0.149. The van der Waals surface area contributed by atoms with Gasteiger partial charge >= 0.3 is 5.97 Å². The van der Waals surface area contributed by atoms with Crippen LogP contribution in [-0.4, -0.2) is 25.1 Å². The molecular weight excluding hydrogens is 388 g/mol. The van der Waals surface area contributed by atoms with Gasteiger partial charge in [0.05, 0.1) is 0 Å². The standard InChI is InChI=1S/C22H24N2O4S/c1-14(2)18-7-5-6-8-19(18)27-12-21(26)28-11-20(25)24-22-15(3)9-17(29-13-23)10-16(22)4/h5-10,14H,11-12H2,1-4H3,(H,24,25). The number of amides is 1. The number of rotatable bonds is 8. The summed E-state index contributed by atoms with van der Waals surface area (Å²) in [6, 6.07) is 11.1. The zero-order valence-electron chi connectivity index (χ0n) is 16.9. The van der Waals surface area contributed by atoms with Crippen LogP contribution in [0.5, 0.6) is 5.75 Å². The van der Waals surface area contributed by atoms with Gasteiger partial charge in [0.2, 0.25) is 0 Å². The van der Waals surface area contributed by atoms with Gasteiger partial charge < -0.3 is 14.8 Å². The van der Waals surface area contributed by atoms with Crippen molar-refractivity contribution >= 4 is 29.3 Å². The number of aryl methyl sites for hydroxylation is 2. The molecular formula is C22H24N2O4S. The molecule has 2 rings (SSSR count). The molecule has 0 heterocycles. The van der Waals surface area contributed by atoms with Crippen molar-refractivity contribution in [3.63, 3.8) is 0 Å². The van der Waals surface area contributed by atoms with Crippen LogP contribution in [-0.2, 0) is 14.3 Å². The van der Waals surface area contributed by atoms with Crippen molar-refractivity contribution in [2.45, 2.75) is 38.5 Å². The lowest BCUT2D eigenvalue weighted by Crippen LogP contribution is -2.24. The zero-order chi connectivity index (χ0) is 21.4. The van der Waals surface area contributed by atoms with Crippen molar-refractivity contribution in [3.05, 3.63) is 53.1 Å². The minimum Gasteiger partial charge on any atom is -0.482 e. The van der Waals surface area contributed by atoms with Crippen LogP contribution >= 0.6 is 11.8 Å². The fraction of sp³-hybridized carbons (Fsp3) is 0.318. The number of hydrogen-bond acceptors (Lipinski definition) is 6. The number of benzene rings is 2. The molecule has 29 heavy (non-hydrogen) atoms. The fourth-order valence-corrected chi connectivity index (χ4v) is 3.40. The van der Waals surface area contributed by atoms with E-state index in [1.807, 2.05) is 63.4 Å². The number of nitrogens with one attached hydrogen (secondary N) is 1. The first-order valence-corrected chi connectivity index (χ1v) is 9.97. The van der Waals surface area contributed by atoms with E-state index in [1.165, 1.54) is 0 Å². The second-order valence-electron chi connectivity index (χ2n) is 6.82. The Labute approximate surface area is 175 Å². The molecule has 0 aliphatic heterocycles. The van der Waals surface area contributed by atoms with Crippen LogP contribution in [0.25, 0.3) is 0 Å². The van der Waals surface area contributed by atoms with Gasteiger partial charge in [-0.2, -0.15) is 5.26 Å². The number of hydrogen-bond donors (Lipinski definition) is 1. The zero-order valence-corrected chi connectivity index (χ0v) is 17.8. The van der Waals surface area contributed by atoms with Crippen LogP contribution in [0.2, 0.25) is 0 Å². The van der Waals surface area contributed by atoms with E-state index < -0.39 is 18.5 Å². The third kappa shape index (κ3) is 6.54. The topological polar surface area (TPSA) is 88.4 Å². The van der Waals surface area contributed by atoms with Gasteiger partial charge in [-0.3, -0.25) is 4.79 Å². The summed E-state index contributed by atoms with van der Waals surface area (Å²) in [5.74, 6) is -0.163. The largest absolute Gasteiger partial charge is 0.482 e. The first-order valence-electron chi connectivity index (χ1n) is 9.16. The monoisotopic (exact) mass is 412 g/mol. The molecule has 152 valence electrons. The first-order chi connectivity index (χ1) is 13.8. The summed E-state index contributed by atoms with van der Waals surface area (Å²) in [6.45, 7) is 7.10. The van der Waals surface area contributed by atoms with Gasteiger partial charge in [0.25, 0.3) is 5.91 Å². The van der Waals surface area contributed by atoms with E-state index in [0.29, 0.717) is 11.4 Å². The molecule has 0 aliphatic carbocycles. The van der Waals surface area contributed by atoms with Crippen molar-refractivity contribution in [1.82, 2.24) is 0 Å². The average molecular weight is 413 g/mol. The highest BCUT2D eigenvalue weighted by Gasteiger charge is 2.13. The van der Waals surface area contributed by atoms with Crippen LogP contribution < -0.4 is 10.1 Å². The van der Waals surface area contributed by atoms with Crippen molar-refractivity contribution in [3.8, 4) is 11.2 Å². The van der Waals surface area contributed by atoms with Crippen LogP contribution in [0.1, 0.15) is 36.5 Å². The summed E-state index contributed by atoms with van der Waals surface area (Å²) in [5.41, 5.74) is 3.31. The van der Waals surface area contributed by atoms with Crippen molar-refractivity contribution in [2.24, 2.45) is 0 Å². The molecule has 0 spiro atoms. The lowest BCUT2D eigenvalue weighted by atomic mass is 10.0. The predicted molar refractivity (Wildman–Crippen MR) is 113 cm³/mol. The highest BCUT2D eigenvalue weighted by atomic mass is 32.2. The summed E-state index contributed by atoms with van der Waals surface area (Å²) in [5, 5.41) is 13.6. The van der Waals surface area contributed by atoms with E-state index >= 15 is 0 Å². The summed E-state index contributed by atoms with van der Waals surface area (Å²) in [4.78, 5) is 24.9. The van der Waals surface area contributed by atoms with Gasteiger partial charge in [-0.1, -0.05) is 32.0 Å². The Morgan fingerprint density at radius 3 is 2.41 bits per heavy atom. The number of thioether (sulfide) groups is 1. The minimum absolute atomic E-state index is 0.262. The third-order valence-electron chi connectivity index (χ3n) is 4.18. The molecule has 0 fully saturated rings. The van der Waals surface area contributed by atoms with Crippen molar-refractivity contribution in [2.75, 3.05) is 18.5 Å². The molecule has 0 radical (unpaired) electrons. The van der Waals surface area contributed by atoms with Crippen LogP contribution in [0.3, 0.4) is 0 Å². The Morgan fingerprint density at radius 1 is 1.14 bits per heavy atom. The third-order valence-corrected chi connectivity index (χ3v) is 4.75. The smallest absolute Gasteiger partial charge is 0.344 e. The molecule has 2 aromatic rings. The minimum atomic E-state index is -0.618. The maximum Gasteiger partial charge on any atom is 0.344 e. The van der Waals surface area contributed by atoms with E-state index in [1.54, 1.807) is 6.07 Å². The number of nitriles is 1. The normalized spacial score (nSPS) is 10.3. The number of para-hydroxylation sites is 1. The number of esters is 1. The highest BCUT2D eigenvalue weighted by molar-refractivity contribution is 8.03. The molecule has 2 aromatic carbocycles. The van der Waals surface area contributed by atoms with Crippen molar-refractivity contribution < 1.29 is 19.1 Å². The van der Waals surface area contributed by atoms with E-state index in [-0.39, 0.29) is 12.5 Å². The van der Waals surface area contributed by atoms with Gasteiger partial charge in [0.15, 0.2) is 13.2 Å². The number of ether oxygens (including phenoxy) is 2.